The maximum absolute atomic E-state index is 10.8. The average molecular weight is 128 g/mol. The number of ketones is 1. The number of Topliss-reactive ketones (excluding diaryl/α,β-unsaturated/α-hetero) is 1. The van der Waals surface area contributed by atoms with Crippen LogP contribution in [0.3, 0.4) is 0 Å². The number of aliphatic hydroxyl groups excluding tert-OH is 1. The van der Waals surface area contributed by atoms with Gasteiger partial charge in [-0.05, 0) is 26.3 Å². The van der Waals surface area contributed by atoms with Crippen LogP contribution in [0.2, 0.25) is 0 Å². The van der Waals surface area contributed by atoms with Crippen molar-refractivity contribution in [1.29, 1.82) is 0 Å². The zero-order valence-electron chi connectivity index (χ0n) is 6.01. The highest BCUT2D eigenvalue weighted by atomic mass is 16.3. The predicted octanol–water partition coefficient (Wildman–Crippen LogP) is 0.903. The van der Waals surface area contributed by atoms with Gasteiger partial charge in [0.25, 0.3) is 0 Å². The van der Waals surface area contributed by atoms with Gasteiger partial charge < -0.3 is 5.11 Å². The van der Waals surface area contributed by atoms with Crippen LogP contribution in [-0.2, 0) is 4.79 Å². The first-order valence-electron chi connectivity index (χ1n) is 2.94. The largest absolute Gasteiger partial charge is 0.385 e. The van der Waals surface area contributed by atoms with E-state index in [1.165, 1.54) is 6.92 Å². The SMILES string of the molecule is CC=C(C)C(=O)C(C)O. The van der Waals surface area contributed by atoms with Gasteiger partial charge in [0.05, 0.1) is 0 Å². The summed E-state index contributed by atoms with van der Waals surface area (Å²) in [6.07, 6.45) is 0.830. The second kappa shape index (κ2) is 3.41. The Morgan fingerprint density at radius 2 is 2.11 bits per heavy atom. The average Bonchev–Trinajstić information content (AvgIpc) is 1.84. The Morgan fingerprint density at radius 1 is 1.67 bits per heavy atom. The first kappa shape index (κ1) is 8.37. The summed E-state index contributed by atoms with van der Waals surface area (Å²) in [5.74, 6) is -0.197. The summed E-state index contributed by atoms with van der Waals surface area (Å²) in [4.78, 5) is 10.8. The van der Waals surface area contributed by atoms with Crippen LogP contribution >= 0.6 is 0 Å². The van der Waals surface area contributed by atoms with E-state index in [0.29, 0.717) is 5.57 Å². The second-order valence-corrected chi connectivity index (χ2v) is 2.01. The Labute approximate surface area is 55.2 Å². The lowest BCUT2D eigenvalue weighted by Crippen LogP contribution is -2.16. The Balaban J connectivity index is 4.06. The molecule has 0 bridgehead atoms. The molecule has 0 aliphatic carbocycles. The van der Waals surface area contributed by atoms with Crippen molar-refractivity contribution >= 4 is 5.78 Å². The zero-order valence-corrected chi connectivity index (χ0v) is 6.01. The summed E-state index contributed by atoms with van der Waals surface area (Å²) in [6.45, 7) is 4.93. The fourth-order valence-electron chi connectivity index (χ4n) is 0.472. The molecule has 0 fully saturated rings. The highest BCUT2D eigenvalue weighted by Crippen LogP contribution is 1.97. The number of carbonyl (C=O) groups excluding carboxylic acids is 1. The molecule has 1 atom stereocenters. The van der Waals surface area contributed by atoms with Gasteiger partial charge in [0.15, 0.2) is 5.78 Å². The molecular weight excluding hydrogens is 116 g/mol. The van der Waals surface area contributed by atoms with Crippen molar-refractivity contribution < 1.29 is 9.90 Å². The first-order chi connectivity index (χ1) is 4.09. The highest BCUT2D eigenvalue weighted by Gasteiger charge is 2.08. The minimum atomic E-state index is -0.860. The minimum absolute atomic E-state index is 0.197. The van der Waals surface area contributed by atoms with Crippen molar-refractivity contribution in [1.82, 2.24) is 0 Å². The Bertz CT molecular complexity index is 134. The van der Waals surface area contributed by atoms with Crippen LogP contribution in [0.25, 0.3) is 0 Å². The molecule has 0 radical (unpaired) electrons. The molecule has 0 heterocycles. The Hall–Kier alpha value is -0.630. The van der Waals surface area contributed by atoms with Gasteiger partial charge in [-0.25, -0.2) is 0 Å². The normalized spacial score (nSPS) is 15.3. The van der Waals surface area contributed by atoms with Gasteiger partial charge in [-0.3, -0.25) is 4.79 Å². The lowest BCUT2D eigenvalue weighted by molar-refractivity contribution is -0.122. The van der Waals surface area contributed by atoms with Crippen molar-refractivity contribution in [2.24, 2.45) is 0 Å². The number of carbonyl (C=O) groups is 1. The van der Waals surface area contributed by atoms with Gasteiger partial charge in [0.1, 0.15) is 6.10 Å². The van der Waals surface area contributed by atoms with E-state index in [-0.39, 0.29) is 5.78 Å². The molecule has 0 saturated carbocycles. The smallest absolute Gasteiger partial charge is 0.186 e. The molecule has 1 unspecified atom stereocenters. The van der Waals surface area contributed by atoms with Gasteiger partial charge in [0, 0.05) is 0 Å². The summed E-state index contributed by atoms with van der Waals surface area (Å²) >= 11 is 0. The molecule has 0 aromatic carbocycles. The van der Waals surface area contributed by atoms with Crippen molar-refractivity contribution in [2.45, 2.75) is 26.9 Å². The number of hydrogen-bond donors (Lipinski definition) is 1. The standard InChI is InChI=1S/C7H12O2/c1-4-5(2)7(9)6(3)8/h4,6,8H,1-3H3. The summed E-state index contributed by atoms with van der Waals surface area (Å²) < 4.78 is 0. The molecule has 0 saturated heterocycles. The van der Waals surface area contributed by atoms with Crippen LogP contribution in [0.1, 0.15) is 20.8 Å². The molecule has 1 N–H and O–H groups in total. The molecule has 0 spiro atoms. The van der Waals surface area contributed by atoms with Gasteiger partial charge in [-0.15, -0.1) is 0 Å². The fourth-order valence-corrected chi connectivity index (χ4v) is 0.472. The Morgan fingerprint density at radius 3 is 2.22 bits per heavy atom. The molecule has 2 heteroatoms. The zero-order chi connectivity index (χ0) is 7.44. The molecule has 0 rings (SSSR count). The highest BCUT2D eigenvalue weighted by molar-refractivity contribution is 5.97. The van der Waals surface area contributed by atoms with Gasteiger partial charge >= 0.3 is 0 Å². The van der Waals surface area contributed by atoms with Gasteiger partial charge in [-0.1, -0.05) is 6.08 Å². The lowest BCUT2D eigenvalue weighted by Gasteiger charge is -2.00. The maximum Gasteiger partial charge on any atom is 0.186 e. The minimum Gasteiger partial charge on any atom is -0.385 e. The van der Waals surface area contributed by atoms with Crippen LogP contribution in [0.4, 0.5) is 0 Å². The quantitative estimate of drug-likeness (QED) is 0.561. The van der Waals surface area contributed by atoms with E-state index < -0.39 is 6.10 Å². The molecule has 0 aliphatic rings. The molecule has 2 nitrogen and oxygen atoms in total. The van der Waals surface area contributed by atoms with E-state index in [1.54, 1.807) is 19.9 Å². The fraction of sp³-hybridized carbons (Fsp3) is 0.571. The molecule has 0 amide bonds. The lowest BCUT2D eigenvalue weighted by atomic mass is 10.1. The van der Waals surface area contributed by atoms with E-state index in [1.807, 2.05) is 0 Å². The molecular formula is C7H12O2. The van der Waals surface area contributed by atoms with Crippen LogP contribution in [0.5, 0.6) is 0 Å². The molecule has 9 heavy (non-hydrogen) atoms. The third-order valence-electron chi connectivity index (χ3n) is 1.20. The van der Waals surface area contributed by atoms with Crippen LogP contribution < -0.4 is 0 Å². The van der Waals surface area contributed by atoms with Gasteiger partial charge in [0.2, 0.25) is 0 Å². The third-order valence-corrected chi connectivity index (χ3v) is 1.20. The molecule has 0 aromatic heterocycles. The van der Waals surface area contributed by atoms with Crippen LogP contribution in [0.15, 0.2) is 11.6 Å². The van der Waals surface area contributed by atoms with E-state index in [2.05, 4.69) is 0 Å². The van der Waals surface area contributed by atoms with E-state index in [4.69, 9.17) is 5.11 Å². The van der Waals surface area contributed by atoms with E-state index in [9.17, 15) is 4.79 Å². The van der Waals surface area contributed by atoms with Crippen molar-refractivity contribution in [2.75, 3.05) is 0 Å². The Kier molecular flexibility index (Phi) is 3.17. The van der Waals surface area contributed by atoms with Crippen molar-refractivity contribution in [3.8, 4) is 0 Å². The van der Waals surface area contributed by atoms with Crippen molar-refractivity contribution in [3.05, 3.63) is 11.6 Å². The second-order valence-electron chi connectivity index (χ2n) is 2.01. The maximum atomic E-state index is 10.8. The number of allylic oxidation sites excluding steroid dienone is 1. The molecule has 0 aromatic rings. The molecule has 0 aliphatic heterocycles. The summed E-state index contributed by atoms with van der Waals surface area (Å²) in [5.41, 5.74) is 0.616. The van der Waals surface area contributed by atoms with Gasteiger partial charge in [-0.2, -0.15) is 0 Å². The van der Waals surface area contributed by atoms with E-state index in [0.717, 1.165) is 0 Å². The number of hydrogen-bond acceptors (Lipinski definition) is 2. The number of aliphatic hydroxyl groups is 1. The monoisotopic (exact) mass is 128 g/mol. The third kappa shape index (κ3) is 2.42. The number of rotatable bonds is 2. The van der Waals surface area contributed by atoms with E-state index >= 15 is 0 Å². The van der Waals surface area contributed by atoms with Crippen molar-refractivity contribution in [3.63, 3.8) is 0 Å². The van der Waals surface area contributed by atoms with Crippen LogP contribution in [0, 0.1) is 0 Å². The van der Waals surface area contributed by atoms with Crippen LogP contribution in [-0.4, -0.2) is 17.0 Å². The predicted molar refractivity (Wildman–Crippen MR) is 36.1 cm³/mol. The summed E-state index contributed by atoms with van der Waals surface area (Å²) in [5, 5.41) is 8.73. The molecule has 52 valence electrons. The summed E-state index contributed by atoms with van der Waals surface area (Å²) in [7, 11) is 0. The first-order valence-corrected chi connectivity index (χ1v) is 2.94. The topological polar surface area (TPSA) is 37.3 Å². The summed E-state index contributed by atoms with van der Waals surface area (Å²) in [6, 6.07) is 0.